The van der Waals surface area contributed by atoms with Crippen LogP contribution < -0.4 is 4.74 Å². The first-order chi connectivity index (χ1) is 5.79. The van der Waals surface area contributed by atoms with E-state index in [-0.39, 0.29) is 13.5 Å². The molecule has 0 spiro atoms. The Morgan fingerprint density at radius 1 is 1.58 bits per heavy atom. The van der Waals surface area contributed by atoms with Crippen LogP contribution in [0.1, 0.15) is 21.3 Å². The largest absolute Gasteiger partial charge is 0.489 e. The summed E-state index contributed by atoms with van der Waals surface area (Å²) in [4.78, 5) is 3.91. The summed E-state index contributed by atoms with van der Waals surface area (Å²) in [6, 6.07) is 3.75. The maximum Gasteiger partial charge on any atom is 0.269 e. The van der Waals surface area contributed by atoms with Gasteiger partial charge in [0.15, 0.2) is 0 Å². The van der Waals surface area contributed by atoms with E-state index in [0.717, 1.165) is 5.75 Å². The quantitative estimate of drug-likeness (QED) is 0.689. The third-order valence-electron chi connectivity index (χ3n) is 1.01. The Bertz CT molecular complexity index is 194. The van der Waals surface area contributed by atoms with Gasteiger partial charge < -0.3 is 4.74 Å². The van der Waals surface area contributed by atoms with Crippen LogP contribution in [0, 0.1) is 0 Å². The molecule has 0 aromatic carbocycles. The molecule has 0 aliphatic carbocycles. The first kappa shape index (κ1) is 10.9. The van der Waals surface area contributed by atoms with Gasteiger partial charge in [-0.1, -0.05) is 7.43 Å². The average molecular weight is 175 g/mol. The molecule has 3 heteroatoms. The van der Waals surface area contributed by atoms with E-state index in [2.05, 4.69) is 6.43 Å². The average Bonchev–Trinajstić information content (AvgIpc) is 2.08. The molecular formula is C9H16FNO. The summed E-state index contributed by atoms with van der Waals surface area (Å²) in [7, 11) is 0. The summed E-state index contributed by atoms with van der Waals surface area (Å²) in [6.07, 6.45) is 3.66. The van der Waals surface area contributed by atoms with Crippen LogP contribution in [0.5, 0.6) is 5.75 Å². The third-order valence-corrected chi connectivity index (χ3v) is 1.01. The Hall–Kier alpha value is -1.12. The second kappa shape index (κ2) is 6.58. The van der Waals surface area contributed by atoms with E-state index in [0.29, 0.717) is 0 Å². The Morgan fingerprint density at radius 2 is 2.25 bits per heavy atom. The molecule has 0 unspecified atom stereocenters. The summed E-state index contributed by atoms with van der Waals surface area (Å²) >= 11 is 0. The molecular weight excluding hydrogens is 157 g/mol. The van der Waals surface area contributed by atoms with Crippen molar-refractivity contribution in [3.63, 3.8) is 0 Å². The van der Waals surface area contributed by atoms with Crippen LogP contribution in [0.15, 0.2) is 24.5 Å². The molecule has 0 saturated carbocycles. The number of hydrogen-bond acceptors (Lipinski definition) is 2. The molecule has 0 fully saturated rings. The molecule has 1 aromatic rings. The monoisotopic (exact) mass is 175 g/mol. The smallest absolute Gasteiger partial charge is 0.269 e. The predicted octanol–water partition coefficient (Wildman–Crippen LogP) is 2.66. The summed E-state index contributed by atoms with van der Waals surface area (Å²) < 4.78 is 18.4. The first-order valence-electron chi connectivity index (χ1n) is 3.73. The van der Waals surface area contributed by atoms with E-state index < -0.39 is 0 Å². The summed E-state index contributed by atoms with van der Waals surface area (Å²) in [6.45, 7) is 3.99. The van der Waals surface area contributed by atoms with E-state index in [1.165, 1.54) is 0 Å². The fourth-order valence-electron chi connectivity index (χ4n) is 0.689. The van der Waals surface area contributed by atoms with Gasteiger partial charge in [0.2, 0.25) is 0 Å². The van der Waals surface area contributed by atoms with Crippen LogP contribution in [0.3, 0.4) is 0 Å². The van der Waals surface area contributed by atoms with Crippen LogP contribution in [0.4, 0.5) is 4.72 Å². The number of pyridine rings is 1. The molecule has 0 aliphatic rings. The lowest BCUT2D eigenvalue weighted by Gasteiger charge is -2.07. The summed E-state index contributed by atoms with van der Waals surface area (Å²) in [5, 5.41) is 0. The molecule has 1 rings (SSSR count). The van der Waals surface area contributed by atoms with E-state index in [1.54, 1.807) is 12.4 Å². The molecule has 2 nitrogen and oxygen atoms in total. The number of nitrogens with zero attached hydrogens (tertiary/aromatic N) is 1. The van der Waals surface area contributed by atoms with Crippen molar-refractivity contribution in [2.75, 3.05) is 0 Å². The second-order valence-corrected chi connectivity index (χ2v) is 2.36. The van der Waals surface area contributed by atoms with Gasteiger partial charge in [0.25, 0.3) is 1.45 Å². The summed E-state index contributed by atoms with van der Waals surface area (Å²) in [5.74, 6) is 0.831. The molecule has 0 N–H and O–H groups in total. The van der Waals surface area contributed by atoms with Crippen LogP contribution in [0.2, 0.25) is 0 Å². The minimum absolute atomic E-state index is 0. The molecule has 0 atom stereocenters. The molecule has 0 bridgehead atoms. The Labute approximate surface area is 74.5 Å². The highest BCUT2D eigenvalue weighted by molar-refractivity contribution is 5.15. The maximum atomic E-state index is 8.75. The predicted molar refractivity (Wildman–Crippen MR) is 49.2 cm³/mol. The number of ether oxygens (including phenoxy) is 1. The number of rotatable bonds is 2. The Morgan fingerprint density at radius 3 is 2.67 bits per heavy atom. The van der Waals surface area contributed by atoms with Crippen LogP contribution in [0.25, 0.3) is 0 Å². The molecule has 0 amide bonds. The third kappa shape index (κ3) is 4.66. The molecule has 70 valence electrons. The fourth-order valence-corrected chi connectivity index (χ4v) is 0.689. The van der Waals surface area contributed by atoms with Crippen molar-refractivity contribution in [3.05, 3.63) is 24.5 Å². The van der Waals surface area contributed by atoms with Crippen molar-refractivity contribution in [3.8, 4) is 5.75 Å². The van der Waals surface area contributed by atoms with E-state index in [4.69, 9.17) is 9.45 Å². The zero-order valence-electron chi connectivity index (χ0n) is 7.62. The van der Waals surface area contributed by atoms with Gasteiger partial charge in [-0.25, -0.2) is 0 Å². The number of halogens is 1. The van der Waals surface area contributed by atoms with Gasteiger partial charge in [-0.05, 0) is 26.0 Å². The van der Waals surface area contributed by atoms with Crippen molar-refractivity contribution < 1.29 is 9.45 Å². The van der Waals surface area contributed by atoms with Crippen molar-refractivity contribution in [2.45, 2.75) is 27.4 Å². The van der Waals surface area contributed by atoms with Crippen LogP contribution >= 0.6 is 0 Å². The van der Waals surface area contributed by atoms with Gasteiger partial charge in [-0.3, -0.25) is 9.70 Å². The Balaban J connectivity index is 0. The van der Waals surface area contributed by atoms with E-state index >= 15 is 0 Å². The van der Waals surface area contributed by atoms with Crippen LogP contribution in [-0.4, -0.2) is 12.5 Å². The minimum Gasteiger partial charge on any atom is -0.489 e. The van der Waals surface area contributed by atoms with E-state index in [1.807, 2.05) is 26.0 Å². The highest BCUT2D eigenvalue weighted by atomic mass is 19.0. The maximum absolute atomic E-state index is 8.75. The molecule has 0 aliphatic heterocycles. The molecule has 1 heterocycles. The van der Waals surface area contributed by atoms with Gasteiger partial charge in [0, 0.05) is 6.20 Å². The van der Waals surface area contributed by atoms with Gasteiger partial charge in [0.1, 0.15) is 5.75 Å². The first-order valence-corrected chi connectivity index (χ1v) is 3.35. The fraction of sp³-hybridized carbons (Fsp3) is 0.444. The highest BCUT2D eigenvalue weighted by Crippen LogP contribution is 2.07. The lowest BCUT2D eigenvalue weighted by atomic mass is 10.4. The van der Waals surface area contributed by atoms with Crippen molar-refractivity contribution in [1.29, 1.82) is 1.45 Å². The zero-order valence-corrected chi connectivity index (χ0v) is 6.62. The zero-order chi connectivity index (χ0) is 9.40. The SMILES string of the molecule is C.CC(C)Oc1cccnc1.[3H]F. The van der Waals surface area contributed by atoms with E-state index in [9.17, 15) is 0 Å². The highest BCUT2D eigenvalue weighted by Gasteiger charge is 1.93. The van der Waals surface area contributed by atoms with Crippen molar-refractivity contribution >= 4 is 0 Å². The van der Waals surface area contributed by atoms with Gasteiger partial charge in [0.05, 0.1) is 12.3 Å². The normalized spacial score (nSPS) is 8.83. The molecule has 0 radical (unpaired) electrons. The Kier molecular flexibility index (Phi) is 5.97. The van der Waals surface area contributed by atoms with Gasteiger partial charge >= 0.3 is 0 Å². The lowest BCUT2D eigenvalue weighted by molar-refractivity contribution is 0.241. The molecule has 1 aromatic heterocycles. The van der Waals surface area contributed by atoms with Gasteiger partial charge in [-0.2, -0.15) is 0 Å². The van der Waals surface area contributed by atoms with Crippen LogP contribution in [-0.2, 0) is 0 Å². The molecule has 0 saturated heterocycles. The van der Waals surface area contributed by atoms with Gasteiger partial charge in [-0.15, -0.1) is 0 Å². The van der Waals surface area contributed by atoms with Crippen molar-refractivity contribution in [2.24, 2.45) is 0 Å². The van der Waals surface area contributed by atoms with Crippen molar-refractivity contribution in [1.82, 2.24) is 4.98 Å². The number of aromatic nitrogens is 1. The second-order valence-electron chi connectivity index (χ2n) is 2.36. The molecule has 12 heavy (non-hydrogen) atoms. The standard InChI is InChI=1S/C8H11NO.CH4.FH/c1-7(2)10-8-4-3-5-9-6-8;;/h3-7H,1-2H3;1H4;1H/i/hT. The minimum atomic E-state index is 0. The lowest BCUT2D eigenvalue weighted by Crippen LogP contribution is -2.05. The topological polar surface area (TPSA) is 22.1 Å². The summed E-state index contributed by atoms with van der Waals surface area (Å²) in [5.41, 5.74) is 0. The number of hydrogen-bond donors (Lipinski definition) is 0.